The Bertz CT molecular complexity index is 271. The second-order valence-electron chi connectivity index (χ2n) is 3.54. The summed E-state index contributed by atoms with van der Waals surface area (Å²) < 4.78 is 5.46. The molecule has 0 radical (unpaired) electrons. The molecule has 1 rings (SSSR count). The molecule has 3 heteroatoms. The van der Waals surface area contributed by atoms with E-state index in [9.17, 15) is 0 Å². The molecule has 0 saturated heterocycles. The Kier molecular flexibility index (Phi) is 5.15. The molecule has 1 aromatic rings. The van der Waals surface area contributed by atoms with Gasteiger partial charge in [0.25, 0.3) is 0 Å². The summed E-state index contributed by atoms with van der Waals surface area (Å²) in [5.41, 5.74) is 6.89. The smallest absolute Gasteiger partial charge is 0.119 e. The highest BCUT2D eigenvalue weighted by atomic mass is 16.5. The zero-order valence-corrected chi connectivity index (χ0v) is 9.15. The molecular formula is C12H19NO2. The van der Waals surface area contributed by atoms with E-state index in [-0.39, 0.29) is 12.6 Å². The molecule has 0 aliphatic rings. The van der Waals surface area contributed by atoms with Crippen molar-refractivity contribution in [3.63, 3.8) is 0 Å². The van der Waals surface area contributed by atoms with Gasteiger partial charge in [0.15, 0.2) is 0 Å². The quantitative estimate of drug-likeness (QED) is 0.752. The molecule has 0 aliphatic carbocycles. The minimum absolute atomic E-state index is 0.0878. The summed E-state index contributed by atoms with van der Waals surface area (Å²) in [4.78, 5) is 0. The second-order valence-corrected chi connectivity index (χ2v) is 3.54. The second kappa shape index (κ2) is 6.43. The molecule has 0 aliphatic heterocycles. The van der Waals surface area contributed by atoms with Crippen LogP contribution in [0, 0.1) is 0 Å². The van der Waals surface area contributed by atoms with Gasteiger partial charge in [-0.25, -0.2) is 0 Å². The van der Waals surface area contributed by atoms with Crippen molar-refractivity contribution in [2.45, 2.75) is 25.8 Å². The Labute approximate surface area is 90.9 Å². The SMILES string of the molecule is CCCOc1ccc(C(N)CCO)cc1. The highest BCUT2D eigenvalue weighted by Crippen LogP contribution is 2.18. The van der Waals surface area contributed by atoms with Gasteiger partial charge in [0.1, 0.15) is 5.75 Å². The molecule has 0 spiro atoms. The van der Waals surface area contributed by atoms with E-state index in [2.05, 4.69) is 6.92 Å². The van der Waals surface area contributed by atoms with Crippen molar-refractivity contribution in [2.24, 2.45) is 5.73 Å². The van der Waals surface area contributed by atoms with Crippen molar-refractivity contribution >= 4 is 0 Å². The van der Waals surface area contributed by atoms with Crippen molar-refractivity contribution in [3.05, 3.63) is 29.8 Å². The fourth-order valence-electron chi connectivity index (χ4n) is 1.34. The number of aliphatic hydroxyl groups is 1. The normalized spacial score (nSPS) is 12.5. The summed E-state index contributed by atoms with van der Waals surface area (Å²) in [5, 5.41) is 8.76. The van der Waals surface area contributed by atoms with Crippen LogP contribution >= 0.6 is 0 Å². The predicted octanol–water partition coefficient (Wildman–Crippen LogP) is 1.86. The molecule has 0 fully saturated rings. The average molecular weight is 209 g/mol. The molecule has 0 aromatic heterocycles. The van der Waals surface area contributed by atoms with Crippen molar-refractivity contribution in [1.29, 1.82) is 0 Å². The summed E-state index contributed by atoms with van der Waals surface area (Å²) in [7, 11) is 0. The first-order chi connectivity index (χ1) is 7.27. The Morgan fingerprint density at radius 1 is 1.33 bits per heavy atom. The molecule has 15 heavy (non-hydrogen) atoms. The highest BCUT2D eigenvalue weighted by Gasteiger charge is 2.04. The first kappa shape index (κ1) is 12.0. The van der Waals surface area contributed by atoms with Crippen LogP contribution in [0.15, 0.2) is 24.3 Å². The maximum atomic E-state index is 8.76. The predicted molar refractivity (Wildman–Crippen MR) is 60.9 cm³/mol. The van der Waals surface area contributed by atoms with Gasteiger partial charge < -0.3 is 15.6 Å². The van der Waals surface area contributed by atoms with Gasteiger partial charge in [0.05, 0.1) is 6.61 Å². The topological polar surface area (TPSA) is 55.5 Å². The Hall–Kier alpha value is -1.06. The van der Waals surface area contributed by atoms with Crippen molar-refractivity contribution in [2.75, 3.05) is 13.2 Å². The molecule has 84 valence electrons. The Morgan fingerprint density at radius 2 is 2.00 bits per heavy atom. The van der Waals surface area contributed by atoms with Crippen LogP contribution in [-0.4, -0.2) is 18.3 Å². The fourth-order valence-corrected chi connectivity index (χ4v) is 1.34. The maximum absolute atomic E-state index is 8.76. The third-order valence-corrected chi connectivity index (χ3v) is 2.22. The van der Waals surface area contributed by atoms with Crippen LogP contribution in [-0.2, 0) is 0 Å². The molecule has 1 atom stereocenters. The lowest BCUT2D eigenvalue weighted by atomic mass is 10.1. The van der Waals surface area contributed by atoms with E-state index < -0.39 is 0 Å². The van der Waals surface area contributed by atoms with Gasteiger partial charge in [-0.05, 0) is 30.5 Å². The molecular weight excluding hydrogens is 190 g/mol. The number of rotatable bonds is 6. The van der Waals surface area contributed by atoms with E-state index in [1.165, 1.54) is 0 Å². The molecule has 0 heterocycles. The van der Waals surface area contributed by atoms with Crippen LogP contribution < -0.4 is 10.5 Å². The van der Waals surface area contributed by atoms with Gasteiger partial charge in [-0.15, -0.1) is 0 Å². The molecule has 0 bridgehead atoms. The molecule has 0 saturated carbocycles. The lowest BCUT2D eigenvalue weighted by Crippen LogP contribution is -2.11. The number of hydrogen-bond acceptors (Lipinski definition) is 3. The van der Waals surface area contributed by atoms with Crippen molar-refractivity contribution in [3.8, 4) is 5.75 Å². The van der Waals surface area contributed by atoms with Gasteiger partial charge >= 0.3 is 0 Å². The fraction of sp³-hybridized carbons (Fsp3) is 0.500. The number of nitrogens with two attached hydrogens (primary N) is 1. The van der Waals surface area contributed by atoms with E-state index in [1.807, 2.05) is 24.3 Å². The third-order valence-electron chi connectivity index (χ3n) is 2.22. The van der Waals surface area contributed by atoms with Gasteiger partial charge in [-0.3, -0.25) is 0 Å². The Morgan fingerprint density at radius 3 is 2.53 bits per heavy atom. The molecule has 1 aromatic carbocycles. The van der Waals surface area contributed by atoms with Crippen LogP contribution in [0.25, 0.3) is 0 Å². The van der Waals surface area contributed by atoms with E-state index in [0.29, 0.717) is 6.42 Å². The highest BCUT2D eigenvalue weighted by molar-refractivity contribution is 5.28. The number of hydrogen-bond donors (Lipinski definition) is 2. The van der Waals surface area contributed by atoms with Crippen LogP contribution in [0.1, 0.15) is 31.4 Å². The number of benzene rings is 1. The minimum Gasteiger partial charge on any atom is -0.494 e. The lowest BCUT2D eigenvalue weighted by Gasteiger charge is -2.11. The average Bonchev–Trinajstić information content (AvgIpc) is 2.27. The minimum atomic E-state index is -0.0878. The van der Waals surface area contributed by atoms with Gasteiger partial charge in [-0.2, -0.15) is 0 Å². The van der Waals surface area contributed by atoms with E-state index in [1.54, 1.807) is 0 Å². The Balaban J connectivity index is 2.55. The van der Waals surface area contributed by atoms with E-state index in [4.69, 9.17) is 15.6 Å². The summed E-state index contributed by atoms with van der Waals surface area (Å²) in [5.74, 6) is 0.872. The zero-order valence-electron chi connectivity index (χ0n) is 9.15. The van der Waals surface area contributed by atoms with Crippen LogP contribution in [0.4, 0.5) is 0 Å². The molecule has 1 unspecified atom stereocenters. The van der Waals surface area contributed by atoms with Crippen LogP contribution in [0.5, 0.6) is 5.75 Å². The van der Waals surface area contributed by atoms with E-state index >= 15 is 0 Å². The van der Waals surface area contributed by atoms with Gasteiger partial charge in [0.2, 0.25) is 0 Å². The standard InChI is InChI=1S/C12H19NO2/c1-2-9-15-11-5-3-10(4-6-11)12(13)7-8-14/h3-6,12,14H,2,7-9,13H2,1H3. The first-order valence-electron chi connectivity index (χ1n) is 5.37. The third kappa shape index (κ3) is 3.90. The van der Waals surface area contributed by atoms with Crippen LogP contribution in [0.2, 0.25) is 0 Å². The van der Waals surface area contributed by atoms with Gasteiger partial charge in [0, 0.05) is 12.6 Å². The summed E-state index contributed by atoms with van der Waals surface area (Å²) in [6.45, 7) is 2.93. The van der Waals surface area contributed by atoms with Crippen molar-refractivity contribution < 1.29 is 9.84 Å². The summed E-state index contributed by atoms with van der Waals surface area (Å²) in [6, 6.07) is 7.65. The zero-order chi connectivity index (χ0) is 11.1. The number of aliphatic hydroxyl groups excluding tert-OH is 1. The molecule has 3 nitrogen and oxygen atoms in total. The molecule has 3 N–H and O–H groups in total. The van der Waals surface area contributed by atoms with Crippen LogP contribution in [0.3, 0.4) is 0 Å². The maximum Gasteiger partial charge on any atom is 0.119 e. The molecule has 0 amide bonds. The monoisotopic (exact) mass is 209 g/mol. The first-order valence-corrected chi connectivity index (χ1v) is 5.37. The lowest BCUT2D eigenvalue weighted by molar-refractivity contribution is 0.276. The number of ether oxygens (including phenoxy) is 1. The largest absolute Gasteiger partial charge is 0.494 e. The van der Waals surface area contributed by atoms with E-state index in [0.717, 1.165) is 24.3 Å². The summed E-state index contributed by atoms with van der Waals surface area (Å²) in [6.07, 6.45) is 1.60. The summed E-state index contributed by atoms with van der Waals surface area (Å²) >= 11 is 0. The van der Waals surface area contributed by atoms with Crippen molar-refractivity contribution in [1.82, 2.24) is 0 Å². The van der Waals surface area contributed by atoms with Gasteiger partial charge in [-0.1, -0.05) is 19.1 Å².